The Kier molecular flexibility index (Phi) is 3.50. The molecule has 0 amide bonds. The molecule has 92 valence electrons. The maximum absolute atomic E-state index is 5.57. The summed E-state index contributed by atoms with van der Waals surface area (Å²) >= 11 is 0. The Morgan fingerprint density at radius 2 is 2.28 bits per heavy atom. The van der Waals surface area contributed by atoms with Gasteiger partial charge in [-0.25, -0.2) is 4.63 Å². The second-order valence-corrected chi connectivity index (χ2v) is 3.12. The van der Waals surface area contributed by atoms with Gasteiger partial charge in [-0.2, -0.15) is 5.10 Å². The zero-order valence-corrected chi connectivity index (χ0v) is 9.22. The molecule has 4 N–H and O–H groups in total. The summed E-state index contributed by atoms with van der Waals surface area (Å²) in [5.74, 6) is 0.803. The molecule has 2 rings (SSSR count). The molecule has 0 aliphatic heterocycles. The third-order valence-electron chi connectivity index (χ3n) is 1.88. The van der Waals surface area contributed by atoms with Crippen LogP contribution in [0.25, 0.3) is 6.08 Å². The number of hydrogen-bond donors (Lipinski definition) is 2. The lowest BCUT2D eigenvalue weighted by Crippen LogP contribution is -2.15. The summed E-state index contributed by atoms with van der Waals surface area (Å²) in [7, 11) is 0. The largest absolute Gasteiger partial charge is 0.465 e. The van der Waals surface area contributed by atoms with Gasteiger partial charge in [0.15, 0.2) is 17.3 Å². The molecule has 0 saturated heterocycles. The van der Waals surface area contributed by atoms with Crippen molar-refractivity contribution in [2.24, 2.45) is 15.9 Å². The van der Waals surface area contributed by atoms with Crippen molar-refractivity contribution in [3.63, 3.8) is 0 Å². The fourth-order valence-corrected chi connectivity index (χ4v) is 1.08. The number of hydrogen-bond acceptors (Lipinski definition) is 7. The van der Waals surface area contributed by atoms with Crippen LogP contribution in [-0.2, 0) is 0 Å². The topological polar surface area (TPSA) is 129 Å². The molecule has 0 atom stereocenters. The summed E-state index contributed by atoms with van der Waals surface area (Å²) in [6.07, 6.45) is 6.40. The molecule has 0 spiro atoms. The first-order valence-corrected chi connectivity index (χ1v) is 4.92. The predicted octanol–water partition coefficient (Wildman–Crippen LogP) is 0.649. The van der Waals surface area contributed by atoms with Gasteiger partial charge in [0.1, 0.15) is 5.76 Å². The third-order valence-corrected chi connectivity index (χ3v) is 1.88. The quantitative estimate of drug-likeness (QED) is 0.463. The number of allylic oxidation sites excluding steroid dienone is 1. The molecule has 8 heteroatoms. The molecule has 0 radical (unpaired) electrons. The van der Waals surface area contributed by atoms with Crippen LogP contribution in [-0.4, -0.2) is 22.4 Å². The summed E-state index contributed by atoms with van der Waals surface area (Å²) in [5.41, 5.74) is 11.2. The van der Waals surface area contributed by atoms with Gasteiger partial charge in [0.2, 0.25) is 0 Å². The van der Waals surface area contributed by atoms with Gasteiger partial charge in [-0.05, 0) is 34.6 Å². The minimum atomic E-state index is 0.0244. The molecular weight excluding hydrogens is 236 g/mol. The monoisotopic (exact) mass is 246 g/mol. The number of furan rings is 1. The first-order chi connectivity index (χ1) is 8.77. The molecule has 18 heavy (non-hydrogen) atoms. The van der Waals surface area contributed by atoms with E-state index < -0.39 is 0 Å². The standard InChI is InChI=1S/C10H10N6O2/c11-9(8-10(12)16-18-15-8)14-13-5-1-3-7-4-2-6-17-7/h1-6H,(H2,11,14)(H2,12,16)/b3-1+,13-5+. The Balaban J connectivity index is 1.96. The number of nitrogen functional groups attached to an aromatic ring is 1. The highest BCUT2D eigenvalue weighted by molar-refractivity contribution is 5.99. The smallest absolute Gasteiger partial charge is 0.199 e. The number of aromatic nitrogens is 2. The summed E-state index contributed by atoms with van der Waals surface area (Å²) in [4.78, 5) is 0. The van der Waals surface area contributed by atoms with E-state index in [0.717, 1.165) is 0 Å². The maximum atomic E-state index is 5.57. The fourth-order valence-electron chi connectivity index (χ4n) is 1.08. The van der Waals surface area contributed by atoms with Gasteiger partial charge in [-0.3, -0.25) is 0 Å². The van der Waals surface area contributed by atoms with Gasteiger partial charge in [-0.1, -0.05) is 0 Å². The molecule has 2 heterocycles. The van der Waals surface area contributed by atoms with Crippen molar-refractivity contribution in [2.45, 2.75) is 0 Å². The molecule has 0 bridgehead atoms. The second-order valence-electron chi connectivity index (χ2n) is 3.12. The Morgan fingerprint density at radius 1 is 1.39 bits per heavy atom. The lowest BCUT2D eigenvalue weighted by atomic mass is 10.4. The highest BCUT2D eigenvalue weighted by Gasteiger charge is 2.09. The molecule has 0 unspecified atom stereocenters. The van der Waals surface area contributed by atoms with Crippen LogP contribution in [0, 0.1) is 0 Å². The number of amidine groups is 1. The first kappa shape index (κ1) is 11.6. The number of rotatable bonds is 4. The van der Waals surface area contributed by atoms with E-state index in [-0.39, 0.29) is 17.3 Å². The van der Waals surface area contributed by atoms with Gasteiger partial charge in [0, 0.05) is 6.21 Å². The van der Waals surface area contributed by atoms with Crippen LogP contribution in [0.3, 0.4) is 0 Å². The normalized spacial score (nSPS) is 12.8. The summed E-state index contributed by atoms with van der Waals surface area (Å²) in [6, 6.07) is 3.59. The van der Waals surface area contributed by atoms with E-state index in [0.29, 0.717) is 5.76 Å². The SMILES string of the molecule is N\C(=N/N=C/C=C/c1ccco1)c1nonc1N. The third kappa shape index (κ3) is 2.82. The van der Waals surface area contributed by atoms with E-state index in [1.807, 2.05) is 6.07 Å². The minimum absolute atomic E-state index is 0.0244. The van der Waals surface area contributed by atoms with Crippen LogP contribution in [0.1, 0.15) is 11.5 Å². The van der Waals surface area contributed by atoms with Crippen molar-refractivity contribution in [3.8, 4) is 0 Å². The summed E-state index contributed by atoms with van der Waals surface area (Å²) < 4.78 is 9.46. The van der Waals surface area contributed by atoms with E-state index in [4.69, 9.17) is 15.9 Å². The number of nitrogens with zero attached hydrogens (tertiary/aromatic N) is 4. The van der Waals surface area contributed by atoms with E-state index in [9.17, 15) is 0 Å². The lowest BCUT2D eigenvalue weighted by Gasteiger charge is -1.89. The molecule has 0 aliphatic carbocycles. The molecule has 0 aromatic carbocycles. The van der Waals surface area contributed by atoms with Crippen LogP contribution in [0.15, 0.2) is 43.7 Å². The second kappa shape index (κ2) is 5.43. The molecule has 0 aliphatic rings. The van der Waals surface area contributed by atoms with Gasteiger partial charge in [-0.15, -0.1) is 5.10 Å². The van der Waals surface area contributed by atoms with Crippen molar-refractivity contribution in [1.82, 2.24) is 10.3 Å². The summed E-state index contributed by atoms with van der Waals surface area (Å²) in [6.45, 7) is 0. The molecule has 2 aromatic rings. The van der Waals surface area contributed by atoms with Gasteiger partial charge >= 0.3 is 0 Å². The van der Waals surface area contributed by atoms with Crippen molar-refractivity contribution in [2.75, 3.05) is 5.73 Å². The van der Waals surface area contributed by atoms with Crippen LogP contribution in [0.2, 0.25) is 0 Å². The van der Waals surface area contributed by atoms with E-state index >= 15 is 0 Å². The van der Waals surface area contributed by atoms with Gasteiger partial charge in [0.25, 0.3) is 0 Å². The highest BCUT2D eigenvalue weighted by Crippen LogP contribution is 2.03. The number of anilines is 1. The van der Waals surface area contributed by atoms with Crippen LogP contribution < -0.4 is 11.5 Å². The highest BCUT2D eigenvalue weighted by atomic mass is 16.6. The average molecular weight is 246 g/mol. The van der Waals surface area contributed by atoms with Crippen molar-refractivity contribution in [3.05, 3.63) is 35.9 Å². The van der Waals surface area contributed by atoms with E-state index in [1.54, 1.807) is 24.5 Å². The number of nitrogens with two attached hydrogens (primary N) is 2. The molecular formula is C10H10N6O2. The maximum Gasteiger partial charge on any atom is 0.199 e. The van der Waals surface area contributed by atoms with Crippen LogP contribution in [0.4, 0.5) is 5.82 Å². The molecule has 0 saturated carbocycles. The van der Waals surface area contributed by atoms with Crippen LogP contribution in [0.5, 0.6) is 0 Å². The Hall–Kier alpha value is -2.90. The Labute approximate surface area is 102 Å². The zero-order chi connectivity index (χ0) is 12.8. The predicted molar refractivity (Wildman–Crippen MR) is 65.7 cm³/mol. The Bertz CT molecular complexity index is 581. The summed E-state index contributed by atoms with van der Waals surface area (Å²) in [5, 5.41) is 14.2. The van der Waals surface area contributed by atoms with Crippen molar-refractivity contribution >= 4 is 23.9 Å². The van der Waals surface area contributed by atoms with Crippen LogP contribution >= 0.6 is 0 Å². The van der Waals surface area contributed by atoms with E-state index in [1.165, 1.54) is 6.21 Å². The molecule has 2 aromatic heterocycles. The van der Waals surface area contributed by atoms with Crippen molar-refractivity contribution in [1.29, 1.82) is 0 Å². The molecule has 0 fully saturated rings. The zero-order valence-electron chi connectivity index (χ0n) is 9.22. The van der Waals surface area contributed by atoms with Gasteiger partial charge < -0.3 is 15.9 Å². The van der Waals surface area contributed by atoms with E-state index in [2.05, 4.69) is 25.1 Å². The fraction of sp³-hybridized carbons (Fsp3) is 0. The minimum Gasteiger partial charge on any atom is -0.465 e. The van der Waals surface area contributed by atoms with Gasteiger partial charge in [0.05, 0.1) is 6.26 Å². The lowest BCUT2D eigenvalue weighted by molar-refractivity contribution is 0.308. The Morgan fingerprint density at radius 3 is 2.94 bits per heavy atom. The van der Waals surface area contributed by atoms with Crippen molar-refractivity contribution < 1.29 is 9.05 Å². The molecule has 8 nitrogen and oxygen atoms in total. The average Bonchev–Trinajstić information content (AvgIpc) is 2.99. The first-order valence-electron chi connectivity index (χ1n) is 4.92.